The van der Waals surface area contributed by atoms with Gasteiger partial charge in [0.15, 0.2) is 0 Å². The third kappa shape index (κ3) is 5.79. The van der Waals surface area contributed by atoms with Gasteiger partial charge in [-0.3, -0.25) is 19.3 Å². The van der Waals surface area contributed by atoms with Crippen LogP contribution in [-0.4, -0.2) is 28.5 Å². The van der Waals surface area contributed by atoms with Crippen LogP contribution < -0.4 is 10.1 Å². The number of nitrogens with zero attached hydrogens (tertiary/aromatic N) is 1. The maximum Gasteiger partial charge on any atom is 0.294 e. The van der Waals surface area contributed by atoms with E-state index in [4.69, 9.17) is 4.74 Å². The number of hydrogen-bond acceptors (Lipinski definition) is 5. The first kappa shape index (κ1) is 25.3. The van der Waals surface area contributed by atoms with Crippen molar-refractivity contribution < 1.29 is 19.1 Å². The summed E-state index contributed by atoms with van der Waals surface area (Å²) in [6, 6.07) is 27.4. The van der Waals surface area contributed by atoms with E-state index >= 15 is 0 Å². The van der Waals surface area contributed by atoms with Gasteiger partial charge in [-0.2, -0.15) is 0 Å². The number of rotatable bonds is 7. The summed E-state index contributed by atoms with van der Waals surface area (Å²) in [5, 5.41) is 4.67. The molecule has 7 heteroatoms. The number of benzene rings is 4. The van der Waals surface area contributed by atoms with Crippen molar-refractivity contribution in [1.29, 1.82) is 0 Å². The standard InChI is InChI=1S/C31H26N2O4S/c1-20-7-14-27(21(2)15-20)32-29(34)18-33-30(35)28(38-31(33)36)17-22-9-12-26(13-10-22)37-19-23-8-11-24-5-3-4-6-25(24)16-23/h3-17H,18-19H2,1-2H3,(H,32,34)/b28-17-. The van der Waals surface area contributed by atoms with Crippen molar-refractivity contribution in [2.45, 2.75) is 20.5 Å². The summed E-state index contributed by atoms with van der Waals surface area (Å²) in [7, 11) is 0. The average molecular weight is 523 g/mol. The second-order valence-corrected chi connectivity index (χ2v) is 10.2. The number of ether oxygens (including phenoxy) is 1. The lowest BCUT2D eigenvalue weighted by Crippen LogP contribution is -2.36. The molecule has 1 saturated heterocycles. The van der Waals surface area contributed by atoms with Crippen molar-refractivity contribution >= 4 is 51.4 Å². The van der Waals surface area contributed by atoms with Crippen molar-refractivity contribution in [3.8, 4) is 5.75 Å². The van der Waals surface area contributed by atoms with Crippen molar-refractivity contribution in [2.24, 2.45) is 0 Å². The normalized spacial score (nSPS) is 14.4. The van der Waals surface area contributed by atoms with Gasteiger partial charge in [0.1, 0.15) is 18.9 Å². The zero-order valence-corrected chi connectivity index (χ0v) is 21.9. The summed E-state index contributed by atoms with van der Waals surface area (Å²) in [6.45, 7) is 3.97. The van der Waals surface area contributed by atoms with Gasteiger partial charge in [0.25, 0.3) is 11.1 Å². The van der Waals surface area contributed by atoms with Crippen molar-refractivity contribution in [2.75, 3.05) is 11.9 Å². The molecule has 1 aliphatic heterocycles. The third-order valence-electron chi connectivity index (χ3n) is 6.23. The van der Waals surface area contributed by atoms with Gasteiger partial charge in [0.2, 0.25) is 5.91 Å². The Morgan fingerprint density at radius 3 is 2.45 bits per heavy atom. The lowest BCUT2D eigenvalue weighted by Gasteiger charge is -2.14. The summed E-state index contributed by atoms with van der Waals surface area (Å²) >= 11 is 0.830. The molecule has 0 bridgehead atoms. The number of carbonyl (C=O) groups excluding carboxylic acids is 3. The highest BCUT2D eigenvalue weighted by Gasteiger charge is 2.36. The van der Waals surface area contributed by atoms with Crippen LogP contribution in [0.2, 0.25) is 0 Å². The fourth-order valence-corrected chi connectivity index (χ4v) is 5.07. The van der Waals surface area contributed by atoms with Crippen LogP contribution in [0.25, 0.3) is 16.8 Å². The Balaban J connectivity index is 1.19. The molecule has 6 nitrogen and oxygen atoms in total. The molecule has 0 aliphatic carbocycles. The minimum atomic E-state index is -0.479. The Labute approximate surface area is 225 Å². The molecule has 0 spiro atoms. The molecule has 190 valence electrons. The molecule has 3 amide bonds. The van der Waals surface area contributed by atoms with E-state index in [2.05, 4.69) is 35.6 Å². The number of nitrogens with one attached hydrogen (secondary N) is 1. The van der Waals surface area contributed by atoms with Crippen LogP contribution in [0.1, 0.15) is 22.3 Å². The van der Waals surface area contributed by atoms with Crippen LogP contribution in [0, 0.1) is 13.8 Å². The van der Waals surface area contributed by atoms with Crippen molar-refractivity contribution in [3.05, 3.63) is 112 Å². The van der Waals surface area contributed by atoms with E-state index < -0.39 is 17.1 Å². The van der Waals surface area contributed by atoms with E-state index in [0.717, 1.165) is 38.9 Å². The number of thioether (sulfide) groups is 1. The lowest BCUT2D eigenvalue weighted by atomic mass is 10.1. The molecule has 1 aliphatic rings. The minimum Gasteiger partial charge on any atom is -0.489 e. The highest BCUT2D eigenvalue weighted by molar-refractivity contribution is 8.18. The zero-order chi connectivity index (χ0) is 26.6. The molecule has 0 radical (unpaired) electrons. The zero-order valence-electron chi connectivity index (χ0n) is 21.1. The number of amides is 3. The van der Waals surface area contributed by atoms with Crippen LogP contribution in [0.5, 0.6) is 5.75 Å². The number of aryl methyl sites for hydroxylation is 2. The molecule has 0 unspecified atom stereocenters. The summed E-state index contributed by atoms with van der Waals surface area (Å²) in [5.41, 5.74) is 4.49. The van der Waals surface area contributed by atoms with E-state index in [-0.39, 0.29) is 11.4 Å². The Kier molecular flexibility index (Phi) is 7.29. The smallest absolute Gasteiger partial charge is 0.294 e. The molecule has 1 fully saturated rings. The molecule has 0 atom stereocenters. The molecule has 38 heavy (non-hydrogen) atoms. The first-order valence-electron chi connectivity index (χ1n) is 12.2. The third-order valence-corrected chi connectivity index (χ3v) is 7.14. The van der Waals surface area contributed by atoms with Gasteiger partial charge >= 0.3 is 0 Å². The molecule has 0 saturated carbocycles. The van der Waals surface area contributed by atoms with Crippen LogP contribution >= 0.6 is 11.8 Å². The van der Waals surface area contributed by atoms with Gasteiger partial charge in [-0.15, -0.1) is 0 Å². The fraction of sp³-hybridized carbons (Fsp3) is 0.129. The fourth-order valence-electron chi connectivity index (χ4n) is 4.23. The van der Waals surface area contributed by atoms with E-state index in [1.807, 2.05) is 68.4 Å². The highest BCUT2D eigenvalue weighted by Crippen LogP contribution is 2.32. The number of fused-ring (bicyclic) bond motifs is 1. The Morgan fingerprint density at radius 2 is 1.68 bits per heavy atom. The Morgan fingerprint density at radius 1 is 0.921 bits per heavy atom. The van der Waals surface area contributed by atoms with E-state index in [0.29, 0.717) is 18.0 Å². The number of imide groups is 1. The van der Waals surface area contributed by atoms with Gasteiger partial charge in [-0.25, -0.2) is 0 Å². The quantitative estimate of drug-likeness (QED) is 0.273. The predicted molar refractivity (Wildman–Crippen MR) is 152 cm³/mol. The van der Waals surface area contributed by atoms with Crippen LogP contribution in [0.15, 0.2) is 89.8 Å². The van der Waals surface area contributed by atoms with Gasteiger partial charge in [0, 0.05) is 5.69 Å². The van der Waals surface area contributed by atoms with Gasteiger partial charge in [0.05, 0.1) is 4.91 Å². The summed E-state index contributed by atoms with van der Waals surface area (Å²) < 4.78 is 5.93. The summed E-state index contributed by atoms with van der Waals surface area (Å²) in [5.74, 6) is -0.202. The van der Waals surface area contributed by atoms with Crippen LogP contribution in [-0.2, 0) is 16.2 Å². The second-order valence-electron chi connectivity index (χ2n) is 9.17. The van der Waals surface area contributed by atoms with E-state index in [1.165, 1.54) is 10.8 Å². The molecular weight excluding hydrogens is 496 g/mol. The summed E-state index contributed by atoms with van der Waals surface area (Å²) in [4.78, 5) is 39.1. The first-order chi connectivity index (χ1) is 18.4. The van der Waals surface area contributed by atoms with Crippen molar-refractivity contribution in [3.63, 3.8) is 0 Å². The predicted octanol–water partition coefficient (Wildman–Crippen LogP) is 6.71. The first-order valence-corrected chi connectivity index (χ1v) is 13.0. The maximum absolute atomic E-state index is 12.9. The van der Waals surface area contributed by atoms with Gasteiger partial charge < -0.3 is 10.1 Å². The second kappa shape index (κ2) is 10.9. The minimum absolute atomic E-state index is 0.277. The number of carbonyl (C=O) groups is 3. The SMILES string of the molecule is Cc1ccc(NC(=O)CN2C(=O)S/C(=C\c3ccc(OCc4ccc5ccccc5c4)cc3)C2=O)c(C)c1. The maximum atomic E-state index is 12.9. The topological polar surface area (TPSA) is 75.7 Å². The van der Waals surface area contributed by atoms with E-state index in [9.17, 15) is 14.4 Å². The molecule has 4 aromatic rings. The van der Waals surface area contributed by atoms with Crippen molar-refractivity contribution in [1.82, 2.24) is 4.90 Å². The van der Waals surface area contributed by atoms with Gasteiger partial charge in [-0.1, -0.05) is 66.2 Å². The number of hydrogen-bond donors (Lipinski definition) is 1. The van der Waals surface area contributed by atoms with Crippen LogP contribution in [0.3, 0.4) is 0 Å². The lowest BCUT2D eigenvalue weighted by molar-refractivity contribution is -0.127. The Bertz CT molecular complexity index is 1580. The Hall–Kier alpha value is -4.36. The molecule has 4 aromatic carbocycles. The van der Waals surface area contributed by atoms with Gasteiger partial charge in [-0.05, 0) is 83.4 Å². The van der Waals surface area contributed by atoms with Crippen LogP contribution in [0.4, 0.5) is 10.5 Å². The molecular formula is C31H26N2O4S. The average Bonchev–Trinajstić information content (AvgIpc) is 3.17. The molecule has 1 heterocycles. The molecule has 5 rings (SSSR count). The highest BCUT2D eigenvalue weighted by atomic mass is 32.2. The largest absolute Gasteiger partial charge is 0.489 e. The van der Waals surface area contributed by atoms with E-state index in [1.54, 1.807) is 6.08 Å². The monoisotopic (exact) mass is 522 g/mol. The summed E-state index contributed by atoms with van der Waals surface area (Å²) in [6.07, 6.45) is 1.65. The molecule has 0 aromatic heterocycles. The number of anilines is 1. The molecule has 1 N–H and O–H groups in total.